The van der Waals surface area contributed by atoms with E-state index in [2.05, 4.69) is 25.2 Å². The van der Waals surface area contributed by atoms with Crippen LogP contribution in [0.5, 0.6) is 11.5 Å². The molecule has 0 aliphatic carbocycles. The van der Waals surface area contributed by atoms with Gasteiger partial charge in [0.15, 0.2) is 5.65 Å². The molecule has 1 aliphatic rings. The third kappa shape index (κ3) is 4.38. The molecule has 0 radical (unpaired) electrons. The maximum atomic E-state index is 12.8. The molecule has 0 unspecified atom stereocenters. The fraction of sp³-hybridized carbons (Fsp3) is 0.391. The Kier molecular flexibility index (Phi) is 5.88. The van der Waals surface area contributed by atoms with Gasteiger partial charge in [0.25, 0.3) is 0 Å². The Morgan fingerprint density at radius 3 is 2.52 bits per heavy atom. The molecular weight excluding hydrogens is 394 g/mol. The molecule has 0 saturated carbocycles. The van der Waals surface area contributed by atoms with Crippen molar-refractivity contribution >= 4 is 28.4 Å². The van der Waals surface area contributed by atoms with Crippen LogP contribution in [-0.2, 0) is 4.79 Å². The molecule has 162 valence electrons. The molecule has 4 rings (SSSR count). The number of carbonyl (C=O) groups excluding carboxylic acids is 1. The number of piperidine rings is 1. The van der Waals surface area contributed by atoms with Crippen molar-refractivity contribution in [2.75, 3.05) is 37.5 Å². The second-order valence-corrected chi connectivity index (χ2v) is 7.75. The van der Waals surface area contributed by atoms with E-state index < -0.39 is 0 Å². The largest absolute Gasteiger partial charge is 0.497 e. The van der Waals surface area contributed by atoms with E-state index in [1.165, 1.54) is 0 Å². The van der Waals surface area contributed by atoms with E-state index in [0.29, 0.717) is 22.8 Å². The highest BCUT2D eigenvalue weighted by atomic mass is 16.5. The van der Waals surface area contributed by atoms with E-state index >= 15 is 0 Å². The predicted octanol–water partition coefficient (Wildman–Crippen LogP) is 3.51. The lowest BCUT2D eigenvalue weighted by molar-refractivity contribution is -0.120. The van der Waals surface area contributed by atoms with Crippen LogP contribution in [0.25, 0.3) is 11.2 Å². The first kappa shape index (κ1) is 20.8. The molecule has 0 atom stereocenters. The molecule has 1 aliphatic heterocycles. The highest BCUT2D eigenvalue weighted by Crippen LogP contribution is 2.31. The summed E-state index contributed by atoms with van der Waals surface area (Å²) in [7, 11) is 3.17. The molecule has 0 spiro atoms. The van der Waals surface area contributed by atoms with Crippen molar-refractivity contribution in [2.45, 2.75) is 26.7 Å². The molecular formula is C23H27N5O3. The average Bonchev–Trinajstić information content (AvgIpc) is 2.80. The number of ether oxygens (including phenoxy) is 2. The molecule has 1 saturated heterocycles. The number of aryl methyl sites for hydroxylation is 2. The van der Waals surface area contributed by atoms with Crippen LogP contribution in [0.3, 0.4) is 0 Å². The standard InChI is InChI=1S/C23H27N5O3/c1-14-15(2)26-22-20(25-14)11-17(13-24-22)28-9-7-16(8-10-28)23(29)27-19-6-5-18(30-3)12-21(19)31-4/h5-6,11-13,16H,7-10H2,1-4H3,(H,27,29). The number of anilines is 2. The first-order valence-corrected chi connectivity index (χ1v) is 10.4. The van der Waals surface area contributed by atoms with Crippen molar-refractivity contribution in [1.82, 2.24) is 15.0 Å². The van der Waals surface area contributed by atoms with E-state index in [4.69, 9.17) is 9.47 Å². The quantitative estimate of drug-likeness (QED) is 0.674. The summed E-state index contributed by atoms with van der Waals surface area (Å²) >= 11 is 0. The SMILES string of the molecule is COc1ccc(NC(=O)C2CCN(c3cnc4nc(C)c(C)nc4c3)CC2)c(OC)c1. The predicted molar refractivity (Wildman–Crippen MR) is 120 cm³/mol. The maximum absolute atomic E-state index is 12.8. The fourth-order valence-corrected chi connectivity index (χ4v) is 3.81. The van der Waals surface area contributed by atoms with Crippen LogP contribution in [0, 0.1) is 19.8 Å². The summed E-state index contributed by atoms with van der Waals surface area (Å²) in [6.07, 6.45) is 3.37. The number of fused-ring (bicyclic) bond motifs is 1. The normalized spacial score (nSPS) is 14.5. The Labute approximate surface area is 181 Å². The van der Waals surface area contributed by atoms with Gasteiger partial charge in [-0.25, -0.2) is 15.0 Å². The third-order valence-corrected chi connectivity index (χ3v) is 5.82. The zero-order chi connectivity index (χ0) is 22.0. The zero-order valence-corrected chi connectivity index (χ0v) is 18.3. The lowest BCUT2D eigenvalue weighted by Crippen LogP contribution is -2.38. The van der Waals surface area contributed by atoms with E-state index in [9.17, 15) is 4.79 Å². The van der Waals surface area contributed by atoms with Gasteiger partial charge in [-0.15, -0.1) is 0 Å². The van der Waals surface area contributed by atoms with Gasteiger partial charge in [-0.05, 0) is 44.9 Å². The average molecular weight is 422 g/mol. The number of nitrogens with one attached hydrogen (secondary N) is 1. The van der Waals surface area contributed by atoms with Crippen molar-refractivity contribution in [3.8, 4) is 11.5 Å². The smallest absolute Gasteiger partial charge is 0.227 e. The van der Waals surface area contributed by atoms with Crippen LogP contribution in [0.2, 0.25) is 0 Å². The number of aromatic nitrogens is 3. The van der Waals surface area contributed by atoms with Crippen LogP contribution < -0.4 is 19.7 Å². The van der Waals surface area contributed by atoms with Gasteiger partial charge in [0.2, 0.25) is 5.91 Å². The second kappa shape index (κ2) is 8.75. The molecule has 1 aromatic carbocycles. The Balaban J connectivity index is 1.41. The Bertz CT molecular complexity index is 1110. The van der Waals surface area contributed by atoms with Gasteiger partial charge < -0.3 is 19.7 Å². The van der Waals surface area contributed by atoms with E-state index in [0.717, 1.165) is 48.5 Å². The minimum Gasteiger partial charge on any atom is -0.497 e. The fourth-order valence-electron chi connectivity index (χ4n) is 3.81. The second-order valence-electron chi connectivity index (χ2n) is 7.75. The van der Waals surface area contributed by atoms with Crippen LogP contribution in [-0.4, -0.2) is 48.2 Å². The first-order valence-electron chi connectivity index (χ1n) is 10.4. The number of rotatable bonds is 5. The zero-order valence-electron chi connectivity index (χ0n) is 18.3. The van der Waals surface area contributed by atoms with E-state index in [1.807, 2.05) is 26.1 Å². The van der Waals surface area contributed by atoms with Gasteiger partial charge in [0, 0.05) is 25.1 Å². The van der Waals surface area contributed by atoms with E-state index in [-0.39, 0.29) is 11.8 Å². The van der Waals surface area contributed by atoms with Crippen molar-refractivity contribution in [3.05, 3.63) is 41.9 Å². The number of carbonyl (C=O) groups is 1. The van der Waals surface area contributed by atoms with Gasteiger partial charge in [0.1, 0.15) is 17.0 Å². The highest BCUT2D eigenvalue weighted by molar-refractivity contribution is 5.94. The minimum absolute atomic E-state index is 0.0109. The summed E-state index contributed by atoms with van der Waals surface area (Å²) in [6.45, 7) is 5.46. The van der Waals surface area contributed by atoms with Crippen molar-refractivity contribution < 1.29 is 14.3 Å². The number of hydrogen-bond donors (Lipinski definition) is 1. The van der Waals surface area contributed by atoms with Crippen LogP contribution in [0.1, 0.15) is 24.2 Å². The van der Waals surface area contributed by atoms with Gasteiger partial charge in [-0.1, -0.05) is 0 Å². The van der Waals surface area contributed by atoms with Crippen molar-refractivity contribution in [3.63, 3.8) is 0 Å². The Hall–Kier alpha value is -3.42. The molecule has 31 heavy (non-hydrogen) atoms. The summed E-state index contributed by atoms with van der Waals surface area (Å²) < 4.78 is 10.6. The van der Waals surface area contributed by atoms with Gasteiger partial charge in [-0.3, -0.25) is 4.79 Å². The summed E-state index contributed by atoms with van der Waals surface area (Å²) in [4.78, 5) is 28.7. The Morgan fingerprint density at radius 1 is 1.06 bits per heavy atom. The molecule has 1 fully saturated rings. The Morgan fingerprint density at radius 2 is 1.81 bits per heavy atom. The van der Waals surface area contributed by atoms with Gasteiger partial charge in [-0.2, -0.15) is 0 Å². The molecule has 8 heteroatoms. The first-order chi connectivity index (χ1) is 15.0. The number of benzene rings is 1. The highest BCUT2D eigenvalue weighted by Gasteiger charge is 2.26. The topological polar surface area (TPSA) is 89.5 Å². The molecule has 3 aromatic rings. The molecule has 1 N–H and O–H groups in total. The molecule has 8 nitrogen and oxygen atoms in total. The summed E-state index contributed by atoms with van der Waals surface area (Å²) in [5, 5.41) is 3.00. The van der Waals surface area contributed by atoms with Crippen molar-refractivity contribution in [2.24, 2.45) is 5.92 Å². The lowest BCUT2D eigenvalue weighted by Gasteiger charge is -2.32. The molecule has 1 amide bonds. The van der Waals surface area contributed by atoms with Gasteiger partial charge >= 0.3 is 0 Å². The summed E-state index contributed by atoms with van der Waals surface area (Å²) in [5.74, 6) is 1.22. The van der Waals surface area contributed by atoms with Crippen LogP contribution >= 0.6 is 0 Å². The van der Waals surface area contributed by atoms with Crippen molar-refractivity contribution in [1.29, 1.82) is 0 Å². The number of methoxy groups -OCH3 is 2. The van der Waals surface area contributed by atoms with Crippen LogP contribution in [0.15, 0.2) is 30.5 Å². The molecule has 3 heterocycles. The summed E-state index contributed by atoms with van der Waals surface area (Å²) in [6, 6.07) is 7.40. The lowest BCUT2D eigenvalue weighted by atomic mass is 9.95. The molecule has 0 bridgehead atoms. The summed E-state index contributed by atoms with van der Waals surface area (Å²) in [5.41, 5.74) is 4.94. The monoisotopic (exact) mass is 421 g/mol. The van der Waals surface area contributed by atoms with Crippen LogP contribution in [0.4, 0.5) is 11.4 Å². The van der Waals surface area contributed by atoms with E-state index in [1.54, 1.807) is 32.4 Å². The van der Waals surface area contributed by atoms with Gasteiger partial charge in [0.05, 0.1) is 43.2 Å². The minimum atomic E-state index is -0.0545. The number of pyridine rings is 1. The third-order valence-electron chi connectivity index (χ3n) is 5.82. The number of hydrogen-bond acceptors (Lipinski definition) is 7. The number of nitrogens with zero attached hydrogens (tertiary/aromatic N) is 4. The molecule has 2 aromatic heterocycles. The number of amides is 1. The maximum Gasteiger partial charge on any atom is 0.227 e.